The Morgan fingerprint density at radius 2 is 0.750 bits per heavy atom. The van der Waals surface area contributed by atoms with Gasteiger partial charge in [-0.2, -0.15) is 0 Å². The molecular formula is C55H94O5. The first-order chi connectivity index (χ1) is 29.6. The summed E-state index contributed by atoms with van der Waals surface area (Å²) in [7, 11) is 0. The van der Waals surface area contributed by atoms with Crippen LogP contribution in [0, 0.1) is 0 Å². The van der Waals surface area contributed by atoms with Gasteiger partial charge in [-0.15, -0.1) is 0 Å². The van der Waals surface area contributed by atoms with E-state index in [9.17, 15) is 14.7 Å². The van der Waals surface area contributed by atoms with E-state index in [0.717, 1.165) is 57.8 Å². The monoisotopic (exact) mass is 835 g/mol. The van der Waals surface area contributed by atoms with Gasteiger partial charge in [-0.3, -0.25) is 9.59 Å². The molecule has 0 amide bonds. The zero-order chi connectivity index (χ0) is 43.5. The van der Waals surface area contributed by atoms with Crippen LogP contribution in [0.15, 0.2) is 85.1 Å². The van der Waals surface area contributed by atoms with Crippen molar-refractivity contribution in [2.45, 2.75) is 238 Å². The Labute approximate surface area is 371 Å². The summed E-state index contributed by atoms with van der Waals surface area (Å²) in [5.74, 6) is -0.685. The highest BCUT2D eigenvalue weighted by Gasteiger charge is 2.15. The molecule has 0 rings (SSSR count). The molecule has 5 nitrogen and oxygen atoms in total. The number of aliphatic hydroxyl groups is 1. The van der Waals surface area contributed by atoms with Crippen LogP contribution in [0.5, 0.6) is 0 Å². The van der Waals surface area contributed by atoms with Crippen LogP contribution < -0.4 is 0 Å². The average molecular weight is 835 g/mol. The number of esters is 2. The summed E-state index contributed by atoms with van der Waals surface area (Å²) in [6.45, 7) is 3.95. The second-order valence-corrected chi connectivity index (χ2v) is 16.5. The van der Waals surface area contributed by atoms with Crippen LogP contribution in [-0.2, 0) is 19.1 Å². The minimum atomic E-state index is -0.812. The molecule has 0 bridgehead atoms. The van der Waals surface area contributed by atoms with Crippen LogP contribution >= 0.6 is 0 Å². The molecule has 0 aromatic heterocycles. The minimum Gasteiger partial charge on any atom is -0.462 e. The Morgan fingerprint density at radius 1 is 0.400 bits per heavy atom. The summed E-state index contributed by atoms with van der Waals surface area (Å²) in [5, 5.41) is 9.57. The largest absolute Gasteiger partial charge is 0.462 e. The predicted molar refractivity (Wildman–Crippen MR) is 260 cm³/mol. The van der Waals surface area contributed by atoms with Crippen LogP contribution in [0.1, 0.15) is 232 Å². The van der Waals surface area contributed by atoms with Gasteiger partial charge < -0.3 is 14.6 Å². The SMILES string of the molecule is CC/C=C\C/C=C\C/C=C\C/C=C\CCC(=O)OC(CO)COC(=O)CCCCCCCCCCCCCCCCCCCC/C=C\C/C=C\C/C=C\CCCCCCC. The Balaban J connectivity index is 3.49. The minimum absolute atomic E-state index is 0.0966. The van der Waals surface area contributed by atoms with Crippen molar-refractivity contribution in [3.63, 3.8) is 0 Å². The maximum atomic E-state index is 12.2. The van der Waals surface area contributed by atoms with Crippen LogP contribution in [0.3, 0.4) is 0 Å². The molecule has 0 spiro atoms. The number of aliphatic hydroxyl groups excluding tert-OH is 1. The first-order valence-corrected chi connectivity index (χ1v) is 25.1. The average Bonchev–Trinajstić information content (AvgIpc) is 3.25. The molecule has 0 saturated heterocycles. The maximum Gasteiger partial charge on any atom is 0.306 e. The van der Waals surface area contributed by atoms with E-state index < -0.39 is 12.1 Å². The van der Waals surface area contributed by atoms with Crippen LogP contribution in [0.25, 0.3) is 0 Å². The van der Waals surface area contributed by atoms with E-state index >= 15 is 0 Å². The fraction of sp³-hybridized carbons (Fsp3) is 0.709. The normalized spacial score (nSPS) is 12.9. The number of hydrogen-bond acceptors (Lipinski definition) is 5. The lowest BCUT2D eigenvalue weighted by Crippen LogP contribution is -2.28. The summed E-state index contributed by atoms with van der Waals surface area (Å²) in [4.78, 5) is 24.3. The van der Waals surface area contributed by atoms with Gasteiger partial charge in [0.25, 0.3) is 0 Å². The molecule has 344 valence electrons. The molecule has 0 aliphatic heterocycles. The van der Waals surface area contributed by atoms with Gasteiger partial charge in [0, 0.05) is 12.8 Å². The van der Waals surface area contributed by atoms with E-state index in [1.807, 2.05) is 12.2 Å². The molecule has 0 radical (unpaired) electrons. The third kappa shape index (κ3) is 47.8. The van der Waals surface area contributed by atoms with Crippen molar-refractivity contribution in [1.82, 2.24) is 0 Å². The van der Waals surface area contributed by atoms with Crippen molar-refractivity contribution in [3.8, 4) is 0 Å². The third-order valence-electron chi connectivity index (χ3n) is 10.7. The number of unbranched alkanes of at least 4 members (excludes halogenated alkanes) is 23. The van der Waals surface area contributed by atoms with Gasteiger partial charge in [0.2, 0.25) is 0 Å². The van der Waals surface area contributed by atoms with E-state index in [1.54, 1.807) is 0 Å². The lowest BCUT2D eigenvalue weighted by molar-refractivity contribution is -0.161. The molecule has 0 aromatic rings. The number of hydrogen-bond donors (Lipinski definition) is 1. The summed E-state index contributed by atoms with van der Waals surface area (Å²) in [6, 6.07) is 0. The van der Waals surface area contributed by atoms with Crippen molar-refractivity contribution < 1.29 is 24.2 Å². The number of ether oxygens (including phenoxy) is 2. The number of allylic oxidation sites excluding steroid dienone is 14. The van der Waals surface area contributed by atoms with Gasteiger partial charge >= 0.3 is 11.9 Å². The Hall–Kier alpha value is -2.92. The second-order valence-electron chi connectivity index (χ2n) is 16.5. The molecule has 0 aromatic carbocycles. The molecule has 0 aliphatic carbocycles. The highest BCUT2D eigenvalue weighted by molar-refractivity contribution is 5.70. The van der Waals surface area contributed by atoms with E-state index in [2.05, 4.69) is 86.8 Å². The van der Waals surface area contributed by atoms with Gasteiger partial charge in [-0.1, -0.05) is 227 Å². The van der Waals surface area contributed by atoms with Gasteiger partial charge in [0.05, 0.1) is 6.61 Å². The van der Waals surface area contributed by atoms with Crippen molar-refractivity contribution in [3.05, 3.63) is 85.1 Å². The number of rotatable bonds is 45. The summed E-state index contributed by atoms with van der Waals surface area (Å²) >= 11 is 0. The van der Waals surface area contributed by atoms with Gasteiger partial charge in [-0.05, 0) is 77.0 Å². The van der Waals surface area contributed by atoms with Crippen molar-refractivity contribution in [2.75, 3.05) is 13.2 Å². The van der Waals surface area contributed by atoms with Crippen LogP contribution in [-0.4, -0.2) is 36.4 Å². The molecular weight excluding hydrogens is 741 g/mol. The highest BCUT2D eigenvalue weighted by Crippen LogP contribution is 2.15. The lowest BCUT2D eigenvalue weighted by Gasteiger charge is -2.15. The summed E-state index contributed by atoms with van der Waals surface area (Å²) < 4.78 is 10.6. The van der Waals surface area contributed by atoms with Crippen LogP contribution in [0.2, 0.25) is 0 Å². The lowest BCUT2D eigenvalue weighted by atomic mass is 10.0. The molecule has 1 unspecified atom stereocenters. The smallest absolute Gasteiger partial charge is 0.306 e. The first kappa shape index (κ1) is 57.1. The fourth-order valence-corrected chi connectivity index (χ4v) is 6.93. The van der Waals surface area contributed by atoms with E-state index in [1.165, 1.54) is 141 Å². The molecule has 0 saturated carbocycles. The summed E-state index contributed by atoms with van der Waals surface area (Å²) in [6.07, 6.45) is 70.0. The van der Waals surface area contributed by atoms with E-state index in [4.69, 9.17) is 9.47 Å². The van der Waals surface area contributed by atoms with E-state index in [0.29, 0.717) is 12.8 Å². The molecule has 1 N–H and O–H groups in total. The molecule has 60 heavy (non-hydrogen) atoms. The van der Waals surface area contributed by atoms with Gasteiger partial charge in [-0.25, -0.2) is 0 Å². The molecule has 0 aliphatic rings. The molecule has 5 heteroatoms. The molecule has 1 atom stereocenters. The maximum absolute atomic E-state index is 12.2. The van der Waals surface area contributed by atoms with Crippen molar-refractivity contribution in [1.29, 1.82) is 0 Å². The van der Waals surface area contributed by atoms with Gasteiger partial charge in [0.1, 0.15) is 6.61 Å². The molecule has 0 heterocycles. The standard InChI is InChI=1S/C55H94O5/c1-3-5-7-9-11-13-15-17-18-19-20-21-22-23-24-25-26-27-28-29-30-31-32-33-34-35-36-38-39-41-43-45-47-49-54(57)59-52-53(51-56)60-55(58)50-48-46-44-42-40-37-16-14-12-10-8-6-4-2/h6,8,12,14-15,17,19-20,22-23,37,40,44,46,53,56H,3-5,7,9-11,13,16,18,21,24-36,38-39,41-43,45,47-52H2,1-2H3/b8-6-,14-12-,17-15-,20-19-,23-22-,40-37-,46-44-. The quantitative estimate of drug-likeness (QED) is 0.0376. The zero-order valence-corrected chi connectivity index (χ0v) is 39.2. The second kappa shape index (κ2) is 50.4. The van der Waals surface area contributed by atoms with Crippen molar-refractivity contribution in [2.24, 2.45) is 0 Å². The zero-order valence-electron chi connectivity index (χ0n) is 39.2. The van der Waals surface area contributed by atoms with E-state index in [-0.39, 0.29) is 25.6 Å². The summed E-state index contributed by atoms with van der Waals surface area (Å²) in [5.41, 5.74) is 0. The Bertz CT molecular complexity index is 1130. The van der Waals surface area contributed by atoms with Crippen LogP contribution in [0.4, 0.5) is 0 Å². The third-order valence-corrected chi connectivity index (χ3v) is 10.7. The van der Waals surface area contributed by atoms with Gasteiger partial charge in [0.15, 0.2) is 6.10 Å². The number of carbonyl (C=O) groups excluding carboxylic acids is 2. The Morgan fingerprint density at radius 3 is 1.15 bits per heavy atom. The van der Waals surface area contributed by atoms with Crippen molar-refractivity contribution >= 4 is 11.9 Å². The topological polar surface area (TPSA) is 72.8 Å². The highest BCUT2D eigenvalue weighted by atomic mass is 16.6. The molecule has 0 fully saturated rings. The fourth-order valence-electron chi connectivity index (χ4n) is 6.93. The predicted octanol–water partition coefficient (Wildman–Crippen LogP) is 16.6. The number of carbonyl (C=O) groups is 2. The first-order valence-electron chi connectivity index (χ1n) is 25.1. The Kier molecular flexibility index (Phi) is 48.0.